The molecule has 1 amide bonds. The largest absolute Gasteiger partial charge is 0.379 e. The van der Waals surface area contributed by atoms with Gasteiger partial charge in [-0.3, -0.25) is 14.5 Å². The Balaban J connectivity index is 1.59. The van der Waals surface area contributed by atoms with Crippen LogP contribution in [-0.4, -0.2) is 59.5 Å². The van der Waals surface area contributed by atoms with E-state index in [1.165, 1.54) is 4.68 Å². The molecule has 1 atom stereocenters. The number of hydrogen-bond donors (Lipinski definition) is 1. The number of hydrogen-bond acceptors (Lipinski definition) is 5. The highest BCUT2D eigenvalue weighted by molar-refractivity contribution is 5.81. The predicted octanol–water partition coefficient (Wildman–Crippen LogP) is 0.233. The van der Waals surface area contributed by atoms with Crippen LogP contribution in [0.25, 0.3) is 10.8 Å². The summed E-state index contributed by atoms with van der Waals surface area (Å²) < 4.78 is 6.53. The van der Waals surface area contributed by atoms with Crippen LogP contribution in [0.15, 0.2) is 35.3 Å². The Bertz CT molecular complexity index is 768. The van der Waals surface area contributed by atoms with Crippen molar-refractivity contribution in [3.8, 4) is 0 Å². The van der Waals surface area contributed by atoms with Gasteiger partial charge in [0.05, 0.1) is 24.8 Å². The Labute approximate surface area is 140 Å². The van der Waals surface area contributed by atoms with Gasteiger partial charge in [-0.15, -0.1) is 0 Å². The molecule has 1 aromatic carbocycles. The Morgan fingerprint density at radius 1 is 1.33 bits per heavy atom. The van der Waals surface area contributed by atoms with Crippen LogP contribution in [0.1, 0.15) is 6.92 Å². The van der Waals surface area contributed by atoms with Gasteiger partial charge in [0.2, 0.25) is 5.91 Å². The molecule has 1 unspecified atom stereocenters. The summed E-state index contributed by atoms with van der Waals surface area (Å²) in [7, 11) is 0. The SMILES string of the molecule is CC(CNC(=O)Cn1ncc2ccccc2c1=O)N1CCOCC1. The molecule has 0 radical (unpaired) electrons. The van der Waals surface area contributed by atoms with Crippen LogP contribution < -0.4 is 10.9 Å². The summed E-state index contributed by atoms with van der Waals surface area (Å²) in [6, 6.07) is 7.47. The third-order valence-electron chi connectivity index (χ3n) is 4.32. The van der Waals surface area contributed by atoms with E-state index in [9.17, 15) is 9.59 Å². The first-order valence-electron chi connectivity index (χ1n) is 8.18. The number of fused-ring (bicyclic) bond motifs is 1. The predicted molar refractivity (Wildman–Crippen MR) is 90.9 cm³/mol. The molecule has 1 saturated heterocycles. The minimum Gasteiger partial charge on any atom is -0.379 e. The van der Waals surface area contributed by atoms with E-state index < -0.39 is 0 Å². The zero-order valence-corrected chi connectivity index (χ0v) is 13.8. The zero-order chi connectivity index (χ0) is 16.9. The van der Waals surface area contributed by atoms with Gasteiger partial charge in [0.25, 0.3) is 5.56 Å². The van der Waals surface area contributed by atoms with E-state index in [2.05, 4.69) is 22.2 Å². The molecular weight excluding hydrogens is 308 g/mol. The third kappa shape index (κ3) is 3.80. The zero-order valence-electron chi connectivity index (χ0n) is 13.8. The number of ether oxygens (including phenoxy) is 1. The molecule has 1 aliphatic heterocycles. The van der Waals surface area contributed by atoms with Crippen molar-refractivity contribution >= 4 is 16.7 Å². The van der Waals surface area contributed by atoms with E-state index in [1.54, 1.807) is 18.3 Å². The van der Waals surface area contributed by atoms with E-state index in [-0.39, 0.29) is 24.1 Å². The van der Waals surface area contributed by atoms with Gasteiger partial charge in [0, 0.05) is 31.1 Å². The lowest BCUT2D eigenvalue weighted by atomic mass is 10.2. The smallest absolute Gasteiger partial charge is 0.275 e. The van der Waals surface area contributed by atoms with Crippen LogP contribution in [0.3, 0.4) is 0 Å². The lowest BCUT2D eigenvalue weighted by Gasteiger charge is -2.32. The van der Waals surface area contributed by atoms with Crippen molar-refractivity contribution in [2.24, 2.45) is 0 Å². The van der Waals surface area contributed by atoms with E-state index >= 15 is 0 Å². The van der Waals surface area contributed by atoms with Crippen molar-refractivity contribution in [3.05, 3.63) is 40.8 Å². The molecule has 7 heteroatoms. The fourth-order valence-electron chi connectivity index (χ4n) is 2.84. The summed E-state index contributed by atoms with van der Waals surface area (Å²) in [6.07, 6.45) is 1.61. The molecule has 0 spiro atoms. The summed E-state index contributed by atoms with van der Waals surface area (Å²) in [5.41, 5.74) is -0.246. The monoisotopic (exact) mass is 330 g/mol. The van der Waals surface area contributed by atoms with Crippen molar-refractivity contribution in [2.75, 3.05) is 32.8 Å². The van der Waals surface area contributed by atoms with Crippen molar-refractivity contribution in [1.29, 1.82) is 0 Å². The van der Waals surface area contributed by atoms with Crippen molar-refractivity contribution in [3.63, 3.8) is 0 Å². The van der Waals surface area contributed by atoms with Gasteiger partial charge in [-0.05, 0) is 13.0 Å². The maximum Gasteiger partial charge on any atom is 0.275 e. The second-order valence-corrected chi connectivity index (χ2v) is 6.00. The maximum atomic E-state index is 12.3. The topological polar surface area (TPSA) is 76.5 Å². The third-order valence-corrected chi connectivity index (χ3v) is 4.32. The van der Waals surface area contributed by atoms with Crippen LogP contribution in [0.4, 0.5) is 0 Å². The number of carbonyl (C=O) groups is 1. The lowest BCUT2D eigenvalue weighted by Crippen LogP contribution is -2.48. The molecule has 7 nitrogen and oxygen atoms in total. The maximum absolute atomic E-state index is 12.3. The van der Waals surface area contributed by atoms with Gasteiger partial charge in [-0.2, -0.15) is 5.10 Å². The first kappa shape index (κ1) is 16.6. The molecular formula is C17H22N4O3. The Morgan fingerprint density at radius 3 is 2.88 bits per heavy atom. The number of aromatic nitrogens is 2. The van der Waals surface area contributed by atoms with Crippen LogP contribution in [0.5, 0.6) is 0 Å². The number of nitrogens with zero attached hydrogens (tertiary/aromatic N) is 3. The highest BCUT2D eigenvalue weighted by Crippen LogP contribution is 2.06. The average Bonchev–Trinajstić information content (AvgIpc) is 2.63. The minimum absolute atomic E-state index is 0.0699. The van der Waals surface area contributed by atoms with E-state index in [0.717, 1.165) is 31.7 Å². The van der Waals surface area contributed by atoms with Gasteiger partial charge in [0.15, 0.2) is 0 Å². The summed E-state index contributed by atoms with van der Waals surface area (Å²) in [5.74, 6) is -0.208. The van der Waals surface area contributed by atoms with Gasteiger partial charge in [-0.1, -0.05) is 18.2 Å². The molecule has 0 aliphatic carbocycles. The Hall–Kier alpha value is -2.25. The van der Waals surface area contributed by atoms with Gasteiger partial charge < -0.3 is 10.1 Å². The minimum atomic E-state index is -0.246. The average molecular weight is 330 g/mol. The molecule has 1 aliphatic rings. The van der Waals surface area contributed by atoms with Crippen LogP contribution in [0, 0.1) is 0 Å². The summed E-state index contributed by atoms with van der Waals surface area (Å²) in [6.45, 7) is 5.77. The Morgan fingerprint density at radius 2 is 2.08 bits per heavy atom. The summed E-state index contributed by atoms with van der Waals surface area (Å²) >= 11 is 0. The molecule has 1 aromatic heterocycles. The number of amides is 1. The van der Waals surface area contributed by atoms with Gasteiger partial charge >= 0.3 is 0 Å². The Kier molecular flexibility index (Phi) is 5.22. The molecule has 1 N–H and O–H groups in total. The normalized spacial score (nSPS) is 16.9. The van der Waals surface area contributed by atoms with Gasteiger partial charge in [0.1, 0.15) is 6.54 Å². The summed E-state index contributed by atoms with van der Waals surface area (Å²) in [4.78, 5) is 26.8. The summed E-state index contributed by atoms with van der Waals surface area (Å²) in [5, 5.41) is 8.31. The van der Waals surface area contributed by atoms with Crippen LogP contribution in [-0.2, 0) is 16.1 Å². The highest BCUT2D eigenvalue weighted by Gasteiger charge is 2.17. The van der Waals surface area contributed by atoms with Crippen molar-refractivity contribution in [2.45, 2.75) is 19.5 Å². The molecule has 2 aromatic rings. The number of nitrogens with one attached hydrogen (secondary N) is 1. The van der Waals surface area contributed by atoms with Gasteiger partial charge in [-0.25, -0.2) is 4.68 Å². The van der Waals surface area contributed by atoms with Crippen molar-refractivity contribution < 1.29 is 9.53 Å². The number of morpholine rings is 1. The molecule has 128 valence electrons. The molecule has 1 fully saturated rings. The second kappa shape index (κ2) is 7.55. The molecule has 0 saturated carbocycles. The van der Waals surface area contributed by atoms with Crippen LogP contribution >= 0.6 is 0 Å². The molecule has 24 heavy (non-hydrogen) atoms. The first-order valence-corrected chi connectivity index (χ1v) is 8.18. The van der Waals surface area contributed by atoms with E-state index in [4.69, 9.17) is 4.74 Å². The fraction of sp³-hybridized carbons (Fsp3) is 0.471. The fourth-order valence-corrected chi connectivity index (χ4v) is 2.84. The first-order chi connectivity index (χ1) is 11.6. The van der Waals surface area contributed by atoms with E-state index in [1.807, 2.05) is 12.1 Å². The van der Waals surface area contributed by atoms with Crippen molar-refractivity contribution in [1.82, 2.24) is 20.0 Å². The standard InChI is InChI=1S/C17H22N4O3/c1-13(20-6-8-24-9-7-20)10-18-16(22)12-21-17(23)15-5-3-2-4-14(15)11-19-21/h2-5,11,13H,6-10,12H2,1H3,(H,18,22). The molecule has 3 rings (SSSR count). The number of benzene rings is 1. The molecule has 2 heterocycles. The lowest BCUT2D eigenvalue weighted by molar-refractivity contribution is -0.122. The highest BCUT2D eigenvalue weighted by atomic mass is 16.5. The van der Waals surface area contributed by atoms with Crippen LogP contribution in [0.2, 0.25) is 0 Å². The second-order valence-electron chi connectivity index (χ2n) is 6.00. The van der Waals surface area contributed by atoms with E-state index in [0.29, 0.717) is 11.9 Å². The number of carbonyl (C=O) groups excluding carboxylic acids is 1. The molecule has 0 bridgehead atoms. The quantitative estimate of drug-likeness (QED) is 0.849. The number of rotatable bonds is 5.